The Labute approximate surface area is 145 Å². The average Bonchev–Trinajstić information content (AvgIpc) is 2.59. The van der Waals surface area contributed by atoms with Crippen LogP contribution in [0.15, 0.2) is 53.4 Å². The maximum absolute atomic E-state index is 12.2. The minimum Gasteiger partial charge on any atom is -0.482 e. The predicted octanol–water partition coefficient (Wildman–Crippen LogP) is 2.37. The quantitative estimate of drug-likeness (QED) is 0.758. The van der Waals surface area contributed by atoms with Gasteiger partial charge >= 0.3 is 5.97 Å². The number of benzene rings is 2. The number of nitrogens with one attached hydrogen (secondary N) is 1. The van der Waals surface area contributed by atoms with Crippen LogP contribution in [0.3, 0.4) is 0 Å². The highest BCUT2D eigenvalue weighted by molar-refractivity contribution is 7.89. The maximum Gasteiger partial charge on any atom is 0.343 e. The van der Waals surface area contributed by atoms with E-state index in [4.69, 9.17) is 16.3 Å². The van der Waals surface area contributed by atoms with Crippen LogP contribution in [0.25, 0.3) is 0 Å². The molecule has 0 heterocycles. The molecule has 0 atom stereocenters. The largest absolute Gasteiger partial charge is 0.482 e. The summed E-state index contributed by atoms with van der Waals surface area (Å²) in [5.74, 6) is -0.145. The highest BCUT2D eigenvalue weighted by Crippen LogP contribution is 2.16. The summed E-state index contributed by atoms with van der Waals surface area (Å²) in [6.07, 6.45) is 0. The van der Waals surface area contributed by atoms with Crippen molar-refractivity contribution in [3.05, 3.63) is 59.1 Å². The molecule has 0 spiro atoms. The van der Waals surface area contributed by atoms with E-state index in [9.17, 15) is 13.2 Å². The Hall–Kier alpha value is -2.09. The first kappa shape index (κ1) is 18.3. The molecule has 0 aliphatic rings. The highest BCUT2D eigenvalue weighted by Gasteiger charge is 2.14. The van der Waals surface area contributed by atoms with Gasteiger partial charge in [0.05, 0.1) is 12.0 Å². The van der Waals surface area contributed by atoms with Crippen molar-refractivity contribution in [2.45, 2.75) is 11.4 Å². The summed E-state index contributed by atoms with van der Waals surface area (Å²) >= 11 is 5.79. The number of rotatable bonds is 7. The molecule has 0 amide bonds. The third-order valence-corrected chi connectivity index (χ3v) is 4.77. The normalized spacial score (nSPS) is 11.1. The molecule has 6 nitrogen and oxygen atoms in total. The summed E-state index contributed by atoms with van der Waals surface area (Å²) in [5.41, 5.74) is 0.793. The molecule has 24 heavy (non-hydrogen) atoms. The number of esters is 1. The van der Waals surface area contributed by atoms with Gasteiger partial charge in [-0.25, -0.2) is 17.9 Å². The number of carbonyl (C=O) groups is 1. The van der Waals surface area contributed by atoms with Gasteiger partial charge in [0, 0.05) is 11.6 Å². The number of hydrogen-bond donors (Lipinski definition) is 1. The smallest absolute Gasteiger partial charge is 0.343 e. The topological polar surface area (TPSA) is 81.7 Å². The SMILES string of the molecule is COC(=O)COc1ccc(S(=O)(=O)NCc2ccc(Cl)cc2)cc1. The lowest BCUT2D eigenvalue weighted by molar-refractivity contribution is -0.142. The van der Waals surface area contributed by atoms with Crippen LogP contribution < -0.4 is 9.46 Å². The van der Waals surface area contributed by atoms with Gasteiger partial charge in [0.15, 0.2) is 6.61 Å². The average molecular weight is 370 g/mol. The number of sulfonamides is 1. The molecule has 2 aromatic carbocycles. The molecule has 0 bridgehead atoms. The van der Waals surface area contributed by atoms with Gasteiger partial charge in [-0.05, 0) is 42.0 Å². The zero-order chi connectivity index (χ0) is 17.6. The van der Waals surface area contributed by atoms with Crippen LogP contribution in [-0.2, 0) is 26.1 Å². The first-order chi connectivity index (χ1) is 11.4. The fourth-order valence-corrected chi connectivity index (χ4v) is 2.92. The molecule has 0 saturated heterocycles. The fourth-order valence-electron chi connectivity index (χ4n) is 1.78. The van der Waals surface area contributed by atoms with Gasteiger partial charge in [0.2, 0.25) is 10.0 Å². The standard InChI is InChI=1S/C16H16ClNO5S/c1-22-16(19)11-23-14-6-8-15(9-7-14)24(20,21)18-10-12-2-4-13(17)5-3-12/h2-9,18H,10-11H2,1H3. The van der Waals surface area contributed by atoms with Crippen molar-refractivity contribution in [3.8, 4) is 5.75 Å². The molecule has 2 rings (SSSR count). The van der Waals surface area contributed by atoms with Crippen molar-refractivity contribution in [2.24, 2.45) is 0 Å². The van der Waals surface area contributed by atoms with Crippen molar-refractivity contribution in [1.82, 2.24) is 4.72 Å². The van der Waals surface area contributed by atoms with E-state index in [1.54, 1.807) is 24.3 Å². The van der Waals surface area contributed by atoms with E-state index in [0.29, 0.717) is 10.8 Å². The molecular formula is C16H16ClNO5S. The van der Waals surface area contributed by atoms with Crippen LogP contribution in [0.5, 0.6) is 5.75 Å². The zero-order valence-electron chi connectivity index (χ0n) is 12.9. The van der Waals surface area contributed by atoms with Crippen LogP contribution in [0.4, 0.5) is 0 Å². The first-order valence-corrected chi connectivity index (χ1v) is 8.80. The van der Waals surface area contributed by atoms with Crippen LogP contribution in [0.1, 0.15) is 5.56 Å². The highest BCUT2D eigenvalue weighted by atomic mass is 35.5. The van der Waals surface area contributed by atoms with E-state index in [1.165, 1.54) is 31.4 Å². The lowest BCUT2D eigenvalue weighted by Gasteiger charge is -2.08. The molecule has 0 aliphatic carbocycles. The lowest BCUT2D eigenvalue weighted by Crippen LogP contribution is -2.23. The molecule has 2 aromatic rings. The summed E-state index contributed by atoms with van der Waals surface area (Å²) in [5, 5.41) is 0.587. The van der Waals surface area contributed by atoms with Gasteiger partial charge in [-0.1, -0.05) is 23.7 Å². The van der Waals surface area contributed by atoms with E-state index >= 15 is 0 Å². The third-order valence-electron chi connectivity index (χ3n) is 3.10. The van der Waals surface area contributed by atoms with E-state index < -0.39 is 16.0 Å². The molecule has 1 N–H and O–H groups in total. The third kappa shape index (κ3) is 5.23. The van der Waals surface area contributed by atoms with Crippen LogP contribution in [0.2, 0.25) is 5.02 Å². The summed E-state index contributed by atoms with van der Waals surface area (Å²) in [4.78, 5) is 11.1. The van der Waals surface area contributed by atoms with Gasteiger partial charge < -0.3 is 9.47 Å². The zero-order valence-corrected chi connectivity index (χ0v) is 14.4. The van der Waals surface area contributed by atoms with Gasteiger partial charge in [0.1, 0.15) is 5.75 Å². The number of methoxy groups -OCH3 is 1. The summed E-state index contributed by atoms with van der Waals surface area (Å²) in [7, 11) is -2.39. The van der Waals surface area contributed by atoms with Crippen molar-refractivity contribution in [3.63, 3.8) is 0 Å². The van der Waals surface area contributed by atoms with E-state index in [2.05, 4.69) is 9.46 Å². The lowest BCUT2D eigenvalue weighted by atomic mass is 10.2. The second kappa shape index (κ2) is 8.14. The van der Waals surface area contributed by atoms with Gasteiger partial charge in [-0.15, -0.1) is 0 Å². The van der Waals surface area contributed by atoms with Gasteiger partial charge in [-0.3, -0.25) is 0 Å². The van der Waals surface area contributed by atoms with Crippen molar-refractivity contribution in [1.29, 1.82) is 0 Å². The summed E-state index contributed by atoms with van der Waals surface area (Å²) in [6, 6.07) is 12.6. The molecule has 0 saturated carbocycles. The minimum absolute atomic E-state index is 0.0990. The Morgan fingerprint density at radius 2 is 1.71 bits per heavy atom. The Kier molecular flexibility index (Phi) is 6.19. The molecule has 0 radical (unpaired) electrons. The Morgan fingerprint density at radius 1 is 1.08 bits per heavy atom. The molecule has 0 unspecified atom stereocenters. The van der Waals surface area contributed by atoms with Crippen molar-refractivity contribution < 1.29 is 22.7 Å². The number of halogens is 1. The monoisotopic (exact) mass is 369 g/mol. The van der Waals surface area contributed by atoms with E-state index in [1.807, 2.05) is 0 Å². The predicted molar refractivity (Wildman–Crippen MR) is 89.4 cm³/mol. The van der Waals surface area contributed by atoms with Crippen molar-refractivity contribution in [2.75, 3.05) is 13.7 Å². The minimum atomic E-state index is -3.65. The Bertz CT molecular complexity index is 788. The fraction of sp³-hybridized carbons (Fsp3) is 0.188. The second-order valence-electron chi connectivity index (χ2n) is 4.79. The number of ether oxygens (including phenoxy) is 2. The summed E-state index contributed by atoms with van der Waals surface area (Å²) in [6.45, 7) is -0.0858. The van der Waals surface area contributed by atoms with E-state index in [-0.39, 0.29) is 18.0 Å². The molecule has 0 aliphatic heterocycles. The van der Waals surface area contributed by atoms with Gasteiger partial charge in [-0.2, -0.15) is 0 Å². The Balaban J connectivity index is 1.98. The molecule has 8 heteroatoms. The van der Waals surface area contributed by atoms with Crippen LogP contribution in [-0.4, -0.2) is 28.1 Å². The summed E-state index contributed by atoms with van der Waals surface area (Å²) < 4.78 is 36.6. The van der Waals surface area contributed by atoms with Crippen LogP contribution in [0, 0.1) is 0 Å². The second-order valence-corrected chi connectivity index (χ2v) is 6.99. The molecule has 128 valence electrons. The molecular weight excluding hydrogens is 354 g/mol. The van der Waals surface area contributed by atoms with Crippen LogP contribution >= 0.6 is 11.6 Å². The number of hydrogen-bond acceptors (Lipinski definition) is 5. The molecule has 0 aromatic heterocycles. The van der Waals surface area contributed by atoms with Crippen molar-refractivity contribution >= 4 is 27.6 Å². The van der Waals surface area contributed by atoms with E-state index in [0.717, 1.165) is 5.56 Å². The maximum atomic E-state index is 12.2. The first-order valence-electron chi connectivity index (χ1n) is 6.94. The van der Waals surface area contributed by atoms with Gasteiger partial charge in [0.25, 0.3) is 0 Å². The molecule has 0 fully saturated rings. The number of carbonyl (C=O) groups excluding carboxylic acids is 1. The Morgan fingerprint density at radius 3 is 2.29 bits per heavy atom.